The van der Waals surface area contributed by atoms with E-state index in [4.69, 9.17) is 9.47 Å². The topological polar surface area (TPSA) is 107 Å². The summed E-state index contributed by atoms with van der Waals surface area (Å²) in [7, 11) is 0. The van der Waals surface area contributed by atoms with Crippen LogP contribution in [0.15, 0.2) is 23.8 Å². The summed E-state index contributed by atoms with van der Waals surface area (Å²) < 4.78 is 10.9. The van der Waals surface area contributed by atoms with Gasteiger partial charge in [-0.15, -0.1) is 0 Å². The van der Waals surface area contributed by atoms with Gasteiger partial charge < -0.3 is 14.6 Å². The van der Waals surface area contributed by atoms with Crippen LogP contribution in [-0.4, -0.2) is 71.9 Å². The number of hydrogen-bond donors (Lipinski definition) is 1. The molecule has 0 unspecified atom stereocenters. The molecule has 0 aromatic rings. The predicted molar refractivity (Wildman–Crippen MR) is 144 cm³/mol. The maximum Gasteiger partial charge on any atom is 0.316 e. The predicted octanol–water partition coefficient (Wildman–Crippen LogP) is 3.49. The number of allylic oxidation sites excluding steroid dienone is 3. The van der Waals surface area contributed by atoms with Crippen molar-refractivity contribution in [2.45, 2.75) is 45.6 Å². The highest BCUT2D eigenvalue weighted by atomic mass is 32.2. The number of aliphatic hydroxyl groups is 1. The summed E-state index contributed by atoms with van der Waals surface area (Å²) in [6.45, 7) is 4.18. The Morgan fingerprint density at radius 2 is 1.76 bits per heavy atom. The van der Waals surface area contributed by atoms with Crippen LogP contribution < -0.4 is 0 Å². The first-order valence-corrected chi connectivity index (χ1v) is 15.8. The largest absolute Gasteiger partial charge is 0.464 e. The molecule has 1 N–H and O–H groups in total. The lowest BCUT2D eigenvalue weighted by Gasteiger charge is -2.60. The van der Waals surface area contributed by atoms with Crippen molar-refractivity contribution in [1.29, 1.82) is 0 Å². The molecule has 37 heavy (non-hydrogen) atoms. The van der Waals surface area contributed by atoms with E-state index in [2.05, 4.69) is 13.8 Å². The second-order valence-electron chi connectivity index (χ2n) is 11.4. The second kappa shape index (κ2) is 11.3. The molecule has 0 spiro atoms. The number of thioether (sulfide) groups is 2. The van der Waals surface area contributed by atoms with Crippen LogP contribution in [0, 0.1) is 40.4 Å². The molecule has 204 valence electrons. The van der Waals surface area contributed by atoms with Crippen molar-refractivity contribution in [2.75, 3.05) is 37.2 Å². The summed E-state index contributed by atoms with van der Waals surface area (Å²) in [6.07, 6.45) is 11.0. The van der Waals surface area contributed by atoms with Crippen LogP contribution in [0.2, 0.25) is 0 Å². The van der Waals surface area contributed by atoms with Gasteiger partial charge in [0, 0.05) is 23.2 Å². The quantitative estimate of drug-likeness (QED) is 0.432. The molecule has 0 aromatic carbocycles. The number of hydrogen-bond acceptors (Lipinski definition) is 9. The van der Waals surface area contributed by atoms with Crippen molar-refractivity contribution in [1.82, 2.24) is 0 Å². The molecule has 4 aliphatic carbocycles. The summed E-state index contributed by atoms with van der Waals surface area (Å²) in [4.78, 5) is 49.6. The molecule has 3 saturated carbocycles. The minimum atomic E-state index is -0.648. The molecule has 4 rings (SSSR count). The maximum atomic E-state index is 13.2. The molecular formula is C28H38O7S2. The minimum Gasteiger partial charge on any atom is -0.464 e. The van der Waals surface area contributed by atoms with Crippen LogP contribution in [0.5, 0.6) is 0 Å². The van der Waals surface area contributed by atoms with Gasteiger partial charge in [0.05, 0.1) is 24.2 Å². The number of aliphatic hydroxyl groups excluding tert-OH is 1. The van der Waals surface area contributed by atoms with Gasteiger partial charge in [-0.2, -0.15) is 23.5 Å². The molecule has 0 saturated heterocycles. The molecule has 4 aliphatic rings. The number of carbonyl (C=O) groups excluding carboxylic acids is 4. The van der Waals surface area contributed by atoms with E-state index in [1.165, 1.54) is 23.5 Å². The van der Waals surface area contributed by atoms with Gasteiger partial charge >= 0.3 is 11.9 Å². The Labute approximate surface area is 227 Å². The van der Waals surface area contributed by atoms with Crippen LogP contribution in [-0.2, 0) is 28.7 Å². The van der Waals surface area contributed by atoms with Gasteiger partial charge in [0.15, 0.2) is 11.6 Å². The van der Waals surface area contributed by atoms with Crippen molar-refractivity contribution in [3.05, 3.63) is 23.8 Å². The van der Waals surface area contributed by atoms with Crippen molar-refractivity contribution in [2.24, 2.45) is 40.4 Å². The van der Waals surface area contributed by atoms with Crippen molar-refractivity contribution in [3.8, 4) is 0 Å². The molecule has 0 heterocycles. The van der Waals surface area contributed by atoms with E-state index in [1.54, 1.807) is 12.2 Å². The molecule has 3 fully saturated rings. The van der Waals surface area contributed by atoms with Crippen LogP contribution in [0.25, 0.3) is 0 Å². The van der Waals surface area contributed by atoms with Crippen LogP contribution >= 0.6 is 23.5 Å². The molecular weight excluding hydrogens is 512 g/mol. The monoisotopic (exact) mass is 550 g/mol. The van der Waals surface area contributed by atoms with E-state index in [9.17, 15) is 24.3 Å². The molecule has 0 bridgehead atoms. The lowest BCUT2D eigenvalue weighted by Crippen LogP contribution is -2.58. The highest BCUT2D eigenvalue weighted by molar-refractivity contribution is 7.99. The van der Waals surface area contributed by atoms with Crippen molar-refractivity contribution < 1.29 is 33.8 Å². The molecule has 7 nitrogen and oxygen atoms in total. The Hall–Kier alpha value is -1.58. The molecule has 0 amide bonds. The molecule has 0 radical (unpaired) electrons. The number of ketones is 2. The van der Waals surface area contributed by atoms with Crippen LogP contribution in [0.1, 0.15) is 39.5 Å². The fraction of sp³-hybridized carbons (Fsp3) is 0.714. The Balaban J connectivity index is 1.59. The number of rotatable bonds is 9. The molecule has 8 atom stereocenters. The normalized spacial score (nSPS) is 38.2. The third-order valence-electron chi connectivity index (χ3n) is 9.39. The summed E-state index contributed by atoms with van der Waals surface area (Å²) in [6, 6.07) is 0. The molecule has 9 heteroatoms. The Morgan fingerprint density at radius 1 is 1.08 bits per heavy atom. The Bertz CT molecular complexity index is 1010. The van der Waals surface area contributed by atoms with Crippen molar-refractivity contribution >= 4 is 47.0 Å². The first-order chi connectivity index (χ1) is 17.5. The Morgan fingerprint density at radius 3 is 2.43 bits per heavy atom. The van der Waals surface area contributed by atoms with E-state index in [0.29, 0.717) is 19.3 Å². The van der Waals surface area contributed by atoms with Gasteiger partial charge in [-0.05, 0) is 73.2 Å². The van der Waals surface area contributed by atoms with Gasteiger partial charge in [-0.25, -0.2) is 0 Å². The number of esters is 2. The summed E-state index contributed by atoms with van der Waals surface area (Å²) in [5.41, 5.74) is 0.00569. The zero-order valence-electron chi connectivity index (χ0n) is 22.1. The number of ether oxygens (including phenoxy) is 2. The number of Topliss-reactive ketones (excluding diaryl/α,β-unsaturated/α-hetero) is 1. The van der Waals surface area contributed by atoms with Gasteiger partial charge in [0.2, 0.25) is 0 Å². The SMILES string of the molecule is CSCC(=O)OCC(=O)[C@H]1CC[C@H]2[C@@H]3C[C@H](COC(=O)CSC)C4=CC(=O)C=C[C@]4(C)[C@H]3[C@@H](O)C[C@]12C. The zero-order chi connectivity index (χ0) is 27.0. The Kier molecular flexibility index (Phi) is 8.65. The highest BCUT2D eigenvalue weighted by Crippen LogP contribution is 2.67. The second-order valence-corrected chi connectivity index (χ2v) is 13.2. The van der Waals surface area contributed by atoms with Crippen molar-refractivity contribution in [3.63, 3.8) is 0 Å². The molecule has 0 aromatic heterocycles. The maximum absolute atomic E-state index is 13.2. The number of carbonyl (C=O) groups is 4. The lowest BCUT2D eigenvalue weighted by molar-refractivity contribution is -0.154. The van der Waals surface area contributed by atoms with Crippen LogP contribution in [0.3, 0.4) is 0 Å². The first kappa shape index (κ1) is 28.4. The van der Waals surface area contributed by atoms with Gasteiger partial charge in [0.25, 0.3) is 0 Å². The first-order valence-electron chi connectivity index (χ1n) is 13.0. The average molecular weight is 551 g/mol. The highest BCUT2D eigenvalue weighted by Gasteiger charge is 2.63. The van der Waals surface area contributed by atoms with E-state index < -0.39 is 16.9 Å². The average Bonchev–Trinajstić information content (AvgIpc) is 3.18. The lowest BCUT2D eigenvalue weighted by atomic mass is 9.45. The van der Waals surface area contributed by atoms with E-state index in [1.807, 2.05) is 18.6 Å². The van der Waals surface area contributed by atoms with E-state index >= 15 is 0 Å². The van der Waals surface area contributed by atoms with Gasteiger partial charge in [-0.1, -0.05) is 19.9 Å². The number of fused-ring (bicyclic) bond motifs is 5. The smallest absolute Gasteiger partial charge is 0.316 e. The van der Waals surface area contributed by atoms with Gasteiger partial charge in [0.1, 0.15) is 6.61 Å². The van der Waals surface area contributed by atoms with Crippen LogP contribution in [0.4, 0.5) is 0 Å². The van der Waals surface area contributed by atoms with E-state index in [-0.39, 0.29) is 77.8 Å². The fourth-order valence-corrected chi connectivity index (χ4v) is 8.64. The van der Waals surface area contributed by atoms with Gasteiger partial charge in [-0.3, -0.25) is 19.2 Å². The third-order valence-corrected chi connectivity index (χ3v) is 10.4. The standard InChI is InChI=1S/C28H38O7S2/c1-27-8-7-17(29)10-21(27)16(12-34-24(32)14-36-3)9-18-19-5-6-20(23(31)13-35-25(33)15-37-4)28(19,2)11-22(30)26(18)27/h7-8,10,16,18-20,22,26,30H,5-6,9,11-15H2,1-4H3/t16-,18+,19+,20-,22+,26-,27+,28+/m1/s1. The molecule has 0 aliphatic heterocycles. The zero-order valence-corrected chi connectivity index (χ0v) is 23.7. The summed E-state index contributed by atoms with van der Waals surface area (Å²) in [5.74, 6) is -0.502. The summed E-state index contributed by atoms with van der Waals surface area (Å²) >= 11 is 2.77. The fourth-order valence-electron chi connectivity index (χ4n) is 8.01. The minimum absolute atomic E-state index is 0.0709. The third kappa shape index (κ3) is 5.33. The van der Waals surface area contributed by atoms with E-state index in [0.717, 1.165) is 12.0 Å². The summed E-state index contributed by atoms with van der Waals surface area (Å²) in [5, 5.41) is 11.6.